The molecule has 2 aromatic carbocycles. The fraction of sp³-hybridized carbons (Fsp3) is 0.207. The van der Waals surface area contributed by atoms with Gasteiger partial charge < -0.3 is 20.0 Å². The average Bonchev–Trinajstić information content (AvgIpc) is 3.52. The number of rotatable bonds is 6. The van der Waals surface area contributed by atoms with Crippen molar-refractivity contribution in [1.29, 1.82) is 0 Å². The Hall–Kier alpha value is -3.39. The van der Waals surface area contributed by atoms with Crippen LogP contribution in [0.5, 0.6) is 0 Å². The van der Waals surface area contributed by atoms with Crippen LogP contribution in [0.15, 0.2) is 77.3 Å². The highest BCUT2D eigenvalue weighted by Crippen LogP contribution is 2.44. The van der Waals surface area contributed by atoms with Crippen LogP contribution in [-0.4, -0.2) is 16.0 Å². The molecule has 194 valence electrons. The SMILES string of the molecule is Cc1ccc(-c2ccc([C@@H]3[C@@H](c4ccccn4)NC(=S)N3c3ccc(NC(=O)C(C)C)c(Cl)c3)o2)cc1Cl. The molecule has 2 atom stereocenters. The van der Waals surface area contributed by atoms with Crippen molar-refractivity contribution in [1.82, 2.24) is 10.3 Å². The van der Waals surface area contributed by atoms with E-state index in [1.807, 2.05) is 80.3 Å². The van der Waals surface area contributed by atoms with Crippen molar-refractivity contribution in [2.75, 3.05) is 10.2 Å². The molecule has 0 aliphatic carbocycles. The lowest BCUT2D eigenvalue weighted by atomic mass is 10.0. The van der Waals surface area contributed by atoms with Crippen molar-refractivity contribution in [3.05, 3.63) is 100.0 Å². The second kappa shape index (κ2) is 10.8. The molecule has 0 bridgehead atoms. The van der Waals surface area contributed by atoms with Gasteiger partial charge in [0.2, 0.25) is 5.91 Å². The molecular weight excluding hydrogens is 539 g/mol. The van der Waals surface area contributed by atoms with E-state index in [2.05, 4.69) is 15.6 Å². The van der Waals surface area contributed by atoms with Crippen LogP contribution < -0.4 is 15.5 Å². The van der Waals surface area contributed by atoms with Crippen molar-refractivity contribution < 1.29 is 9.21 Å². The molecule has 3 heterocycles. The first-order chi connectivity index (χ1) is 18.2. The van der Waals surface area contributed by atoms with E-state index in [1.165, 1.54) is 0 Å². The Labute approximate surface area is 237 Å². The predicted molar refractivity (Wildman–Crippen MR) is 157 cm³/mol. The predicted octanol–water partition coefficient (Wildman–Crippen LogP) is 7.73. The van der Waals surface area contributed by atoms with Crippen LogP contribution in [0.25, 0.3) is 11.3 Å². The van der Waals surface area contributed by atoms with Crippen LogP contribution in [0.1, 0.15) is 42.9 Å². The zero-order valence-electron chi connectivity index (χ0n) is 21.0. The molecule has 4 aromatic rings. The molecule has 1 aliphatic rings. The molecule has 9 heteroatoms. The molecule has 1 fully saturated rings. The number of hydrogen-bond donors (Lipinski definition) is 2. The van der Waals surface area contributed by atoms with E-state index in [1.54, 1.807) is 18.3 Å². The Morgan fingerprint density at radius 3 is 2.58 bits per heavy atom. The number of hydrogen-bond acceptors (Lipinski definition) is 4. The fourth-order valence-electron chi connectivity index (χ4n) is 4.37. The largest absolute Gasteiger partial charge is 0.459 e. The first-order valence-corrected chi connectivity index (χ1v) is 13.4. The van der Waals surface area contributed by atoms with Gasteiger partial charge in [0.15, 0.2) is 5.11 Å². The number of pyridine rings is 1. The third-order valence-corrected chi connectivity index (χ3v) is 7.52. The van der Waals surface area contributed by atoms with E-state index in [-0.39, 0.29) is 23.9 Å². The van der Waals surface area contributed by atoms with Crippen molar-refractivity contribution >= 4 is 57.8 Å². The summed E-state index contributed by atoms with van der Waals surface area (Å²) in [5.41, 5.74) is 4.01. The van der Waals surface area contributed by atoms with Crippen molar-refractivity contribution in [2.24, 2.45) is 5.92 Å². The molecule has 0 radical (unpaired) electrons. The van der Waals surface area contributed by atoms with Crippen LogP contribution in [0, 0.1) is 12.8 Å². The molecule has 0 saturated carbocycles. The first kappa shape index (κ1) is 26.2. The lowest BCUT2D eigenvalue weighted by Crippen LogP contribution is -2.29. The summed E-state index contributed by atoms with van der Waals surface area (Å²) in [7, 11) is 0. The second-order valence-corrected chi connectivity index (χ2v) is 10.7. The number of benzene rings is 2. The van der Waals surface area contributed by atoms with Crippen LogP contribution in [0.3, 0.4) is 0 Å². The number of halogens is 2. The standard InChI is InChI=1S/C29H26Cl2N4O2S/c1-16(2)28(36)33-22-10-9-19(15-21(22)31)35-27(26(34-29(35)38)23-6-4-5-13-32-23)25-12-11-24(37-25)18-8-7-17(3)20(30)14-18/h4-16,26-27H,1-3H3,(H,33,36)(H,34,38)/t26-,27-/m1/s1. The smallest absolute Gasteiger partial charge is 0.226 e. The van der Waals surface area contributed by atoms with E-state index in [9.17, 15) is 4.79 Å². The molecule has 5 rings (SSSR count). The summed E-state index contributed by atoms with van der Waals surface area (Å²) < 4.78 is 6.42. The van der Waals surface area contributed by atoms with Crippen LogP contribution >= 0.6 is 35.4 Å². The van der Waals surface area contributed by atoms with Gasteiger partial charge in [-0.15, -0.1) is 0 Å². The number of aryl methyl sites for hydroxylation is 1. The third kappa shape index (κ3) is 5.14. The number of nitrogens with zero attached hydrogens (tertiary/aromatic N) is 2. The fourth-order valence-corrected chi connectivity index (χ4v) is 5.12. The topological polar surface area (TPSA) is 70.4 Å². The van der Waals surface area contributed by atoms with Crippen molar-refractivity contribution in [3.63, 3.8) is 0 Å². The molecule has 1 amide bonds. The number of furan rings is 1. The van der Waals surface area contributed by atoms with Gasteiger partial charge in [-0.1, -0.05) is 55.2 Å². The Kier molecular flexibility index (Phi) is 7.43. The summed E-state index contributed by atoms with van der Waals surface area (Å²) in [5.74, 6) is 1.13. The summed E-state index contributed by atoms with van der Waals surface area (Å²) in [6, 6.07) is 20.3. The quantitative estimate of drug-likeness (QED) is 0.233. The molecular formula is C29H26Cl2N4O2S. The molecule has 1 saturated heterocycles. The van der Waals surface area contributed by atoms with E-state index in [0.717, 1.165) is 22.5 Å². The highest BCUT2D eigenvalue weighted by molar-refractivity contribution is 7.80. The number of amides is 1. The Bertz CT molecular complexity index is 1510. The molecule has 6 nitrogen and oxygen atoms in total. The zero-order valence-corrected chi connectivity index (χ0v) is 23.4. The minimum absolute atomic E-state index is 0.106. The van der Waals surface area contributed by atoms with Crippen LogP contribution in [0.4, 0.5) is 11.4 Å². The highest BCUT2D eigenvalue weighted by atomic mass is 35.5. The molecule has 0 unspecified atom stereocenters. The molecule has 38 heavy (non-hydrogen) atoms. The molecule has 2 aromatic heterocycles. The van der Waals surface area contributed by atoms with E-state index in [4.69, 9.17) is 39.8 Å². The van der Waals surface area contributed by atoms with Gasteiger partial charge in [-0.3, -0.25) is 9.78 Å². The van der Waals surface area contributed by atoms with Gasteiger partial charge >= 0.3 is 0 Å². The van der Waals surface area contributed by atoms with Gasteiger partial charge in [-0.25, -0.2) is 0 Å². The van der Waals surface area contributed by atoms with Gasteiger partial charge in [0.1, 0.15) is 17.6 Å². The first-order valence-electron chi connectivity index (χ1n) is 12.2. The van der Waals surface area contributed by atoms with Crippen LogP contribution in [-0.2, 0) is 4.79 Å². The zero-order chi connectivity index (χ0) is 27.0. The lowest BCUT2D eigenvalue weighted by Gasteiger charge is -2.26. The van der Waals surface area contributed by atoms with E-state index < -0.39 is 0 Å². The minimum atomic E-state index is -0.348. The highest BCUT2D eigenvalue weighted by Gasteiger charge is 2.42. The number of nitrogens with one attached hydrogen (secondary N) is 2. The van der Waals surface area contributed by atoms with Gasteiger partial charge in [-0.05, 0) is 73.2 Å². The summed E-state index contributed by atoms with van der Waals surface area (Å²) in [6.07, 6.45) is 1.75. The van der Waals surface area contributed by atoms with Crippen LogP contribution in [0.2, 0.25) is 10.0 Å². The summed E-state index contributed by atoms with van der Waals surface area (Å²) in [4.78, 5) is 18.8. The third-order valence-electron chi connectivity index (χ3n) is 6.49. The van der Waals surface area contributed by atoms with Gasteiger partial charge in [-0.2, -0.15) is 0 Å². The van der Waals surface area contributed by atoms with Crippen molar-refractivity contribution in [2.45, 2.75) is 32.9 Å². The molecule has 1 aliphatic heterocycles. The van der Waals surface area contributed by atoms with Crippen molar-refractivity contribution in [3.8, 4) is 11.3 Å². The maximum absolute atomic E-state index is 12.2. The number of carbonyl (C=O) groups is 1. The maximum atomic E-state index is 12.2. The summed E-state index contributed by atoms with van der Waals surface area (Å²) in [6.45, 7) is 5.62. The van der Waals surface area contributed by atoms with E-state index >= 15 is 0 Å². The molecule has 0 spiro atoms. The lowest BCUT2D eigenvalue weighted by molar-refractivity contribution is -0.118. The number of anilines is 2. The Balaban J connectivity index is 1.55. The summed E-state index contributed by atoms with van der Waals surface area (Å²) >= 11 is 18.8. The number of aromatic nitrogens is 1. The maximum Gasteiger partial charge on any atom is 0.226 e. The second-order valence-electron chi connectivity index (χ2n) is 9.47. The molecule has 2 N–H and O–H groups in total. The summed E-state index contributed by atoms with van der Waals surface area (Å²) in [5, 5.41) is 7.88. The Morgan fingerprint density at radius 2 is 1.89 bits per heavy atom. The van der Waals surface area contributed by atoms with Gasteiger partial charge in [0.25, 0.3) is 0 Å². The normalized spacial score (nSPS) is 17.1. The van der Waals surface area contributed by atoms with E-state index in [0.29, 0.717) is 32.4 Å². The van der Waals surface area contributed by atoms with Gasteiger partial charge in [0.05, 0.1) is 22.4 Å². The Morgan fingerprint density at radius 1 is 1.08 bits per heavy atom. The number of thiocarbonyl (C=S) groups is 1. The minimum Gasteiger partial charge on any atom is -0.459 e. The number of carbonyl (C=O) groups excluding carboxylic acids is 1. The average molecular weight is 566 g/mol. The monoisotopic (exact) mass is 564 g/mol. The van der Waals surface area contributed by atoms with Gasteiger partial charge in [0, 0.05) is 28.4 Å².